The molecule has 2 N–H and O–H groups in total. The second-order valence-electron chi connectivity index (χ2n) is 6.55. The molecular formula is C20H23N3O4S2. The normalized spacial score (nSPS) is 14.5. The van der Waals surface area contributed by atoms with Crippen molar-refractivity contribution in [1.29, 1.82) is 0 Å². The van der Waals surface area contributed by atoms with Crippen molar-refractivity contribution >= 4 is 33.6 Å². The van der Waals surface area contributed by atoms with Crippen molar-refractivity contribution in [3.63, 3.8) is 0 Å². The van der Waals surface area contributed by atoms with Gasteiger partial charge in [-0.15, -0.1) is 11.8 Å². The molecule has 1 saturated heterocycles. The molecule has 1 heterocycles. The van der Waals surface area contributed by atoms with E-state index in [2.05, 4.69) is 10.9 Å². The van der Waals surface area contributed by atoms with Crippen LogP contribution in [0.15, 0.2) is 64.4 Å². The Hall–Kier alpha value is -2.36. The summed E-state index contributed by atoms with van der Waals surface area (Å²) < 4.78 is 26.7. The molecule has 2 amide bonds. The highest BCUT2D eigenvalue weighted by Gasteiger charge is 2.27. The Morgan fingerprint density at radius 1 is 0.966 bits per heavy atom. The minimum Gasteiger partial charge on any atom is -0.273 e. The monoisotopic (exact) mass is 433 g/mol. The van der Waals surface area contributed by atoms with E-state index >= 15 is 0 Å². The molecule has 29 heavy (non-hydrogen) atoms. The Balaban J connectivity index is 1.51. The molecule has 7 nitrogen and oxygen atoms in total. The minimum atomic E-state index is -3.60. The van der Waals surface area contributed by atoms with E-state index in [1.807, 2.05) is 30.3 Å². The molecule has 1 aliphatic rings. The molecular weight excluding hydrogens is 410 g/mol. The second-order valence-corrected chi connectivity index (χ2v) is 9.66. The number of sulfonamides is 1. The fourth-order valence-corrected chi connectivity index (χ4v) is 5.35. The molecule has 0 aliphatic carbocycles. The van der Waals surface area contributed by atoms with Crippen LogP contribution in [0.2, 0.25) is 0 Å². The number of hydrazine groups is 1. The van der Waals surface area contributed by atoms with Crippen LogP contribution >= 0.6 is 11.8 Å². The van der Waals surface area contributed by atoms with Gasteiger partial charge in [0.15, 0.2) is 0 Å². The maximum atomic E-state index is 12.6. The van der Waals surface area contributed by atoms with Gasteiger partial charge in [-0.1, -0.05) is 24.3 Å². The lowest BCUT2D eigenvalue weighted by Crippen LogP contribution is -2.41. The van der Waals surface area contributed by atoms with Gasteiger partial charge in [0, 0.05) is 35.7 Å². The molecule has 154 valence electrons. The Kier molecular flexibility index (Phi) is 7.29. The highest BCUT2D eigenvalue weighted by atomic mass is 32.2. The number of hydrogen-bond acceptors (Lipinski definition) is 5. The molecule has 1 aliphatic heterocycles. The number of nitrogens with one attached hydrogen (secondary N) is 2. The van der Waals surface area contributed by atoms with Crippen LogP contribution in [-0.4, -0.2) is 43.4 Å². The van der Waals surface area contributed by atoms with E-state index < -0.39 is 15.9 Å². The topological polar surface area (TPSA) is 95.6 Å². The number of hydrogen-bond donors (Lipinski definition) is 2. The van der Waals surface area contributed by atoms with E-state index in [4.69, 9.17) is 0 Å². The summed E-state index contributed by atoms with van der Waals surface area (Å²) in [5, 5.41) is 0. The smallest absolute Gasteiger partial charge is 0.269 e. The highest BCUT2D eigenvalue weighted by Crippen LogP contribution is 2.21. The molecule has 0 radical (unpaired) electrons. The molecule has 0 aromatic heterocycles. The SMILES string of the molecule is O=C(CCSc1ccccc1)NNC(=O)c1cccc(S(=O)(=O)N2CCCC2)c1. The van der Waals surface area contributed by atoms with Gasteiger partial charge in [0.05, 0.1) is 4.90 Å². The van der Waals surface area contributed by atoms with Gasteiger partial charge in [-0.25, -0.2) is 8.42 Å². The zero-order chi connectivity index (χ0) is 20.7. The van der Waals surface area contributed by atoms with E-state index in [0.717, 1.165) is 17.7 Å². The van der Waals surface area contributed by atoms with E-state index in [0.29, 0.717) is 18.8 Å². The van der Waals surface area contributed by atoms with Gasteiger partial charge in [0.25, 0.3) is 5.91 Å². The van der Waals surface area contributed by atoms with Crippen LogP contribution in [0.3, 0.4) is 0 Å². The molecule has 0 bridgehead atoms. The average Bonchev–Trinajstić information content (AvgIpc) is 3.29. The summed E-state index contributed by atoms with van der Waals surface area (Å²) in [6.07, 6.45) is 1.92. The lowest BCUT2D eigenvalue weighted by molar-refractivity contribution is -0.121. The van der Waals surface area contributed by atoms with Gasteiger partial charge in [0.2, 0.25) is 15.9 Å². The van der Waals surface area contributed by atoms with E-state index in [9.17, 15) is 18.0 Å². The standard InChI is InChI=1S/C20H23N3O4S2/c24-19(11-14-28-17-8-2-1-3-9-17)21-22-20(25)16-7-6-10-18(15-16)29(26,27)23-12-4-5-13-23/h1-3,6-10,15H,4-5,11-14H2,(H,21,24)(H,22,25). The predicted octanol–water partition coefficient (Wildman–Crippen LogP) is 2.41. The fourth-order valence-electron chi connectivity index (χ4n) is 2.91. The summed E-state index contributed by atoms with van der Waals surface area (Å²) in [7, 11) is -3.60. The second kappa shape index (κ2) is 9.91. The average molecular weight is 434 g/mol. The van der Waals surface area contributed by atoms with Crippen LogP contribution in [0, 0.1) is 0 Å². The van der Waals surface area contributed by atoms with Crippen LogP contribution in [0.25, 0.3) is 0 Å². The van der Waals surface area contributed by atoms with Crippen molar-refractivity contribution in [2.24, 2.45) is 0 Å². The molecule has 1 fully saturated rings. The third-order valence-electron chi connectivity index (χ3n) is 4.46. The van der Waals surface area contributed by atoms with E-state index in [1.165, 1.54) is 28.6 Å². The number of rotatable bonds is 7. The first kappa shape index (κ1) is 21.4. The quantitative estimate of drug-likeness (QED) is 0.516. The van der Waals surface area contributed by atoms with Crippen LogP contribution in [0.5, 0.6) is 0 Å². The number of benzene rings is 2. The van der Waals surface area contributed by atoms with Gasteiger partial charge in [0.1, 0.15) is 0 Å². The van der Waals surface area contributed by atoms with Crippen molar-refractivity contribution < 1.29 is 18.0 Å². The Morgan fingerprint density at radius 2 is 1.69 bits per heavy atom. The van der Waals surface area contributed by atoms with E-state index in [1.54, 1.807) is 11.8 Å². The minimum absolute atomic E-state index is 0.0811. The van der Waals surface area contributed by atoms with Crippen LogP contribution in [0.4, 0.5) is 0 Å². The molecule has 0 spiro atoms. The number of carbonyl (C=O) groups is 2. The maximum absolute atomic E-state index is 12.6. The van der Waals surface area contributed by atoms with Crippen LogP contribution in [-0.2, 0) is 14.8 Å². The van der Waals surface area contributed by atoms with Crippen molar-refractivity contribution in [2.75, 3.05) is 18.8 Å². The third-order valence-corrected chi connectivity index (χ3v) is 7.36. The van der Waals surface area contributed by atoms with Crippen molar-refractivity contribution in [2.45, 2.75) is 29.1 Å². The van der Waals surface area contributed by atoms with Crippen molar-refractivity contribution in [3.8, 4) is 0 Å². The Morgan fingerprint density at radius 3 is 2.41 bits per heavy atom. The Labute approximate surface area is 174 Å². The Bertz CT molecular complexity index is 959. The molecule has 3 rings (SSSR count). The van der Waals surface area contributed by atoms with Crippen molar-refractivity contribution in [1.82, 2.24) is 15.2 Å². The van der Waals surface area contributed by atoms with Gasteiger partial charge in [-0.2, -0.15) is 4.31 Å². The predicted molar refractivity (Wildman–Crippen MR) is 112 cm³/mol. The lowest BCUT2D eigenvalue weighted by Gasteiger charge is -2.16. The van der Waals surface area contributed by atoms with Gasteiger partial charge in [-0.3, -0.25) is 20.4 Å². The summed E-state index contributed by atoms with van der Waals surface area (Å²) in [6.45, 7) is 0.992. The molecule has 2 aromatic carbocycles. The van der Waals surface area contributed by atoms with Gasteiger partial charge < -0.3 is 0 Å². The van der Waals surface area contributed by atoms with Crippen molar-refractivity contribution in [3.05, 3.63) is 60.2 Å². The number of nitrogens with zero attached hydrogens (tertiary/aromatic N) is 1. The zero-order valence-corrected chi connectivity index (χ0v) is 17.5. The highest BCUT2D eigenvalue weighted by molar-refractivity contribution is 7.99. The molecule has 0 saturated carbocycles. The third kappa shape index (κ3) is 5.81. The molecule has 0 atom stereocenters. The number of amides is 2. The first-order chi connectivity index (χ1) is 14.0. The molecule has 2 aromatic rings. The first-order valence-corrected chi connectivity index (χ1v) is 11.8. The first-order valence-electron chi connectivity index (χ1n) is 9.34. The van der Waals surface area contributed by atoms with E-state index in [-0.39, 0.29) is 22.8 Å². The number of carbonyl (C=O) groups excluding carboxylic acids is 2. The molecule has 9 heteroatoms. The number of thioether (sulfide) groups is 1. The molecule has 0 unspecified atom stereocenters. The van der Waals surface area contributed by atoms with Gasteiger partial charge >= 0.3 is 0 Å². The summed E-state index contributed by atoms with van der Waals surface area (Å²) in [5.41, 5.74) is 4.88. The van der Waals surface area contributed by atoms with Crippen LogP contribution < -0.4 is 10.9 Å². The maximum Gasteiger partial charge on any atom is 0.269 e. The summed E-state index contributed by atoms with van der Waals surface area (Å²) in [5.74, 6) is -0.301. The zero-order valence-electron chi connectivity index (χ0n) is 15.8. The lowest BCUT2D eigenvalue weighted by atomic mass is 10.2. The summed E-state index contributed by atoms with van der Waals surface area (Å²) in [4.78, 5) is 25.4. The van der Waals surface area contributed by atoms with Gasteiger partial charge in [-0.05, 0) is 43.2 Å². The largest absolute Gasteiger partial charge is 0.273 e. The summed E-state index contributed by atoms with van der Waals surface area (Å²) >= 11 is 1.55. The van der Waals surface area contributed by atoms with Crippen LogP contribution in [0.1, 0.15) is 29.6 Å². The summed E-state index contributed by atoms with van der Waals surface area (Å²) in [6, 6.07) is 15.6. The fraction of sp³-hybridized carbons (Fsp3) is 0.300.